The number of phenols is 1. The summed E-state index contributed by atoms with van der Waals surface area (Å²) in [5.41, 5.74) is 1.53. The molecule has 0 fully saturated rings. The van der Waals surface area contributed by atoms with Gasteiger partial charge in [-0.05, 0) is 24.3 Å². The maximum Gasteiger partial charge on any atom is 0.337 e. The van der Waals surface area contributed by atoms with Crippen molar-refractivity contribution >= 4 is 11.7 Å². The minimum absolute atomic E-state index is 0.244. The van der Waals surface area contributed by atoms with Gasteiger partial charge in [0.15, 0.2) is 11.6 Å². The standard InChI is InChI=1S/C15H14FNO3/c1-20-15(19)10-4-2-6-12(8-10)17-9-11-5-3-7-13(16)14(11)18/h2-8,17-18H,9H2,1H3. The molecule has 0 radical (unpaired) electrons. The second-order valence-electron chi connectivity index (χ2n) is 4.17. The monoisotopic (exact) mass is 275 g/mol. The topological polar surface area (TPSA) is 58.6 Å². The number of nitrogens with one attached hydrogen (secondary N) is 1. The SMILES string of the molecule is COC(=O)c1cccc(NCc2cccc(F)c2O)c1. The van der Waals surface area contributed by atoms with E-state index in [9.17, 15) is 14.3 Å². The van der Waals surface area contributed by atoms with Crippen molar-refractivity contribution in [2.45, 2.75) is 6.54 Å². The van der Waals surface area contributed by atoms with E-state index in [4.69, 9.17) is 0 Å². The first-order valence-corrected chi connectivity index (χ1v) is 6.00. The number of carbonyl (C=O) groups is 1. The van der Waals surface area contributed by atoms with Crippen molar-refractivity contribution in [3.8, 4) is 5.75 Å². The van der Waals surface area contributed by atoms with Gasteiger partial charge in [0.25, 0.3) is 0 Å². The Labute approximate surface area is 115 Å². The van der Waals surface area contributed by atoms with E-state index in [1.54, 1.807) is 30.3 Å². The van der Waals surface area contributed by atoms with Crippen molar-refractivity contribution < 1.29 is 19.0 Å². The lowest BCUT2D eigenvalue weighted by Gasteiger charge is -2.09. The predicted octanol–water partition coefficient (Wildman–Crippen LogP) is 2.93. The maximum atomic E-state index is 13.2. The molecule has 104 valence electrons. The molecule has 0 aliphatic carbocycles. The Bertz CT molecular complexity index is 628. The molecule has 2 aromatic carbocycles. The van der Waals surface area contributed by atoms with E-state index in [0.717, 1.165) is 0 Å². The van der Waals surface area contributed by atoms with Crippen LogP contribution in [-0.2, 0) is 11.3 Å². The van der Waals surface area contributed by atoms with E-state index in [-0.39, 0.29) is 12.3 Å². The van der Waals surface area contributed by atoms with Crippen molar-refractivity contribution in [1.29, 1.82) is 0 Å². The highest BCUT2D eigenvalue weighted by Gasteiger charge is 2.08. The minimum atomic E-state index is -0.660. The van der Waals surface area contributed by atoms with E-state index >= 15 is 0 Å². The fraction of sp³-hybridized carbons (Fsp3) is 0.133. The van der Waals surface area contributed by atoms with Gasteiger partial charge in [0.1, 0.15) is 0 Å². The van der Waals surface area contributed by atoms with Crippen LogP contribution in [0.5, 0.6) is 5.75 Å². The van der Waals surface area contributed by atoms with Gasteiger partial charge < -0.3 is 15.2 Å². The molecular formula is C15H14FNO3. The van der Waals surface area contributed by atoms with Crippen LogP contribution >= 0.6 is 0 Å². The number of phenolic OH excluding ortho intramolecular Hbond substituents is 1. The molecule has 20 heavy (non-hydrogen) atoms. The molecule has 0 aliphatic rings. The number of anilines is 1. The number of halogens is 1. The third kappa shape index (κ3) is 3.06. The average Bonchev–Trinajstić information content (AvgIpc) is 2.48. The number of hydrogen-bond donors (Lipinski definition) is 2. The van der Waals surface area contributed by atoms with Crippen LogP contribution in [0.4, 0.5) is 10.1 Å². The Morgan fingerprint density at radius 2 is 2.05 bits per heavy atom. The molecule has 2 rings (SSSR count). The normalized spacial score (nSPS) is 10.1. The van der Waals surface area contributed by atoms with Crippen LogP contribution in [0.15, 0.2) is 42.5 Å². The maximum absolute atomic E-state index is 13.2. The summed E-state index contributed by atoms with van der Waals surface area (Å²) < 4.78 is 17.8. The lowest BCUT2D eigenvalue weighted by molar-refractivity contribution is 0.0601. The number of para-hydroxylation sites is 1. The van der Waals surface area contributed by atoms with Gasteiger partial charge in [-0.2, -0.15) is 0 Å². The van der Waals surface area contributed by atoms with Crippen LogP contribution in [0.25, 0.3) is 0 Å². The summed E-state index contributed by atoms with van der Waals surface area (Å²) in [5.74, 6) is -1.46. The van der Waals surface area contributed by atoms with Crippen molar-refractivity contribution in [2.75, 3.05) is 12.4 Å². The lowest BCUT2D eigenvalue weighted by atomic mass is 10.1. The van der Waals surface area contributed by atoms with Gasteiger partial charge in [0, 0.05) is 17.8 Å². The first-order valence-electron chi connectivity index (χ1n) is 6.00. The van der Waals surface area contributed by atoms with Crippen LogP contribution in [0.2, 0.25) is 0 Å². The molecule has 0 aromatic heterocycles. The zero-order chi connectivity index (χ0) is 14.5. The van der Waals surface area contributed by atoms with Gasteiger partial charge in [-0.1, -0.05) is 18.2 Å². The second-order valence-corrected chi connectivity index (χ2v) is 4.17. The van der Waals surface area contributed by atoms with Crippen molar-refractivity contribution in [3.63, 3.8) is 0 Å². The fourth-order valence-electron chi connectivity index (χ4n) is 1.77. The number of esters is 1. The molecule has 0 atom stereocenters. The molecule has 4 nitrogen and oxygen atoms in total. The highest BCUT2D eigenvalue weighted by Crippen LogP contribution is 2.22. The molecule has 0 spiro atoms. The van der Waals surface area contributed by atoms with Gasteiger partial charge in [-0.3, -0.25) is 0 Å². The third-order valence-electron chi connectivity index (χ3n) is 2.84. The van der Waals surface area contributed by atoms with Crippen LogP contribution < -0.4 is 5.32 Å². The molecule has 0 bridgehead atoms. The summed E-state index contributed by atoms with van der Waals surface area (Å²) in [6, 6.07) is 11.1. The number of methoxy groups -OCH3 is 1. The largest absolute Gasteiger partial charge is 0.505 e. The quantitative estimate of drug-likeness (QED) is 0.842. The van der Waals surface area contributed by atoms with Crippen LogP contribution in [-0.4, -0.2) is 18.2 Å². The summed E-state index contributed by atoms with van der Waals surface area (Å²) in [5, 5.41) is 12.6. The van der Waals surface area contributed by atoms with Crippen LogP contribution in [0.1, 0.15) is 15.9 Å². The molecule has 0 heterocycles. The molecule has 0 unspecified atom stereocenters. The molecule has 5 heteroatoms. The molecule has 2 aromatic rings. The Kier molecular flexibility index (Phi) is 4.20. The minimum Gasteiger partial charge on any atom is -0.505 e. The molecule has 0 saturated heterocycles. The highest BCUT2D eigenvalue weighted by molar-refractivity contribution is 5.90. The Hall–Kier alpha value is -2.56. The van der Waals surface area contributed by atoms with Gasteiger partial charge in [-0.15, -0.1) is 0 Å². The Morgan fingerprint density at radius 1 is 1.30 bits per heavy atom. The zero-order valence-electron chi connectivity index (χ0n) is 10.9. The second kappa shape index (κ2) is 6.06. The number of hydrogen-bond acceptors (Lipinski definition) is 4. The smallest absolute Gasteiger partial charge is 0.337 e. The molecule has 0 aliphatic heterocycles. The number of aromatic hydroxyl groups is 1. The van der Waals surface area contributed by atoms with Crippen molar-refractivity contribution in [3.05, 3.63) is 59.4 Å². The molecule has 0 saturated carbocycles. The molecule has 0 amide bonds. The van der Waals surface area contributed by atoms with Crippen LogP contribution in [0, 0.1) is 5.82 Å². The number of carbonyl (C=O) groups excluding carboxylic acids is 1. The van der Waals surface area contributed by atoms with E-state index < -0.39 is 11.8 Å². The van der Waals surface area contributed by atoms with E-state index in [1.165, 1.54) is 19.2 Å². The first-order chi connectivity index (χ1) is 9.61. The van der Waals surface area contributed by atoms with Gasteiger partial charge in [-0.25, -0.2) is 9.18 Å². The summed E-state index contributed by atoms with van der Waals surface area (Å²) >= 11 is 0. The van der Waals surface area contributed by atoms with Crippen LogP contribution in [0.3, 0.4) is 0 Å². The number of rotatable bonds is 4. The summed E-state index contributed by atoms with van der Waals surface area (Å²) in [7, 11) is 1.31. The predicted molar refractivity (Wildman–Crippen MR) is 73.2 cm³/mol. The van der Waals surface area contributed by atoms with E-state index in [1.807, 2.05) is 0 Å². The van der Waals surface area contributed by atoms with Crippen molar-refractivity contribution in [2.24, 2.45) is 0 Å². The van der Waals surface area contributed by atoms with Crippen molar-refractivity contribution in [1.82, 2.24) is 0 Å². The van der Waals surface area contributed by atoms with Gasteiger partial charge in [0.2, 0.25) is 0 Å². The Balaban J connectivity index is 2.11. The van der Waals surface area contributed by atoms with Gasteiger partial charge in [0.05, 0.1) is 12.7 Å². The first kappa shape index (κ1) is 13.9. The van der Waals surface area contributed by atoms with E-state index in [2.05, 4.69) is 10.1 Å². The molecule has 2 N–H and O–H groups in total. The fourth-order valence-corrected chi connectivity index (χ4v) is 1.77. The molecular weight excluding hydrogens is 261 g/mol. The third-order valence-corrected chi connectivity index (χ3v) is 2.84. The lowest BCUT2D eigenvalue weighted by Crippen LogP contribution is -2.04. The van der Waals surface area contributed by atoms with E-state index in [0.29, 0.717) is 16.8 Å². The summed E-state index contributed by atoms with van der Waals surface area (Å²) in [6.45, 7) is 0.244. The highest BCUT2D eigenvalue weighted by atomic mass is 19.1. The Morgan fingerprint density at radius 3 is 2.80 bits per heavy atom. The van der Waals surface area contributed by atoms with Gasteiger partial charge >= 0.3 is 5.97 Å². The number of ether oxygens (including phenoxy) is 1. The summed E-state index contributed by atoms with van der Waals surface area (Å²) in [4.78, 5) is 11.4. The summed E-state index contributed by atoms with van der Waals surface area (Å²) in [6.07, 6.45) is 0. The average molecular weight is 275 g/mol. The zero-order valence-corrected chi connectivity index (χ0v) is 10.9. The number of benzene rings is 2.